The molecule has 6 rings (SSSR count). The van der Waals surface area contributed by atoms with Crippen molar-refractivity contribution in [3.63, 3.8) is 0 Å². The molecule has 1 aliphatic heterocycles. The Kier molecular flexibility index (Phi) is 11.0. The van der Waals surface area contributed by atoms with Gasteiger partial charge in [0, 0.05) is 38.1 Å². The van der Waals surface area contributed by atoms with Gasteiger partial charge in [-0.3, -0.25) is 14.5 Å². The summed E-state index contributed by atoms with van der Waals surface area (Å²) in [5.74, 6) is 1.86. The van der Waals surface area contributed by atoms with E-state index in [0.29, 0.717) is 42.2 Å². The molecule has 0 unspecified atom stereocenters. The summed E-state index contributed by atoms with van der Waals surface area (Å²) >= 11 is 0. The van der Waals surface area contributed by atoms with Crippen LogP contribution in [0.25, 0.3) is 0 Å². The van der Waals surface area contributed by atoms with Gasteiger partial charge in [-0.05, 0) is 78.6 Å². The quantitative estimate of drug-likeness (QED) is 0.278. The topological polar surface area (TPSA) is 68.3 Å². The van der Waals surface area contributed by atoms with Crippen molar-refractivity contribution in [2.45, 2.75) is 111 Å². The van der Waals surface area contributed by atoms with Gasteiger partial charge in [-0.1, -0.05) is 96.1 Å². The Morgan fingerprint density at radius 3 is 2.33 bits per heavy atom. The number of hydrogen-bond acceptors (Lipinski definition) is 6. The molecular formula is C39H60N4O3. The first kappa shape index (κ1) is 35.0. The Morgan fingerprint density at radius 1 is 1.02 bits per heavy atom. The molecule has 3 aliphatic carbocycles. The number of carbonyl (C=O) groups is 1. The van der Waals surface area contributed by atoms with Crippen LogP contribution in [0.3, 0.4) is 0 Å². The summed E-state index contributed by atoms with van der Waals surface area (Å²) in [4.78, 5) is 24.8. The average Bonchev–Trinajstić information content (AvgIpc) is 3.40. The molecule has 0 spiro atoms. The summed E-state index contributed by atoms with van der Waals surface area (Å²) in [6.07, 6.45) is 3.58. The molecule has 2 N–H and O–H groups in total. The number of rotatable bonds is 13. The van der Waals surface area contributed by atoms with E-state index in [4.69, 9.17) is 4.84 Å². The number of nitrogens with one attached hydrogen (secondary N) is 1. The normalized spacial score (nSPS) is 28.3. The molecule has 2 bridgehead atoms. The number of nitrogens with zero attached hydrogens (tertiary/aromatic N) is 3. The predicted octanol–water partition coefficient (Wildman–Crippen LogP) is 6.11. The van der Waals surface area contributed by atoms with Crippen LogP contribution in [0.2, 0.25) is 0 Å². The number of carbonyl (C=O) groups excluding carboxylic acids is 1. The van der Waals surface area contributed by atoms with Crippen LogP contribution in [0.15, 0.2) is 54.6 Å². The van der Waals surface area contributed by atoms with Crippen LogP contribution >= 0.6 is 0 Å². The zero-order valence-electron chi connectivity index (χ0n) is 29.7. The molecule has 1 heterocycles. The van der Waals surface area contributed by atoms with E-state index in [2.05, 4.69) is 125 Å². The van der Waals surface area contributed by atoms with Crippen LogP contribution in [-0.2, 0) is 29.3 Å². The Balaban J connectivity index is 1.30. The third-order valence-electron chi connectivity index (χ3n) is 11.2. The third-order valence-corrected chi connectivity index (χ3v) is 11.2. The lowest BCUT2D eigenvalue weighted by molar-refractivity contribution is -0.182. The van der Waals surface area contributed by atoms with Gasteiger partial charge in [-0.25, -0.2) is 0 Å². The maximum Gasteiger partial charge on any atom is 0.240 e. The SMILES string of the molecule is C[C@@H]1[C@@H](NC(=O)[C@@H]2C[C@H](CO)ON2Cc2cccc(CN(Cc3ccccc3)[C@H](CN(C)C)CC(C)(C)C)c2)C[C@H]2C[C@@H]1C2(C)C. The molecule has 2 aromatic carbocycles. The summed E-state index contributed by atoms with van der Waals surface area (Å²) < 4.78 is 0. The van der Waals surface area contributed by atoms with Crippen LogP contribution in [0, 0.1) is 28.6 Å². The van der Waals surface area contributed by atoms with E-state index < -0.39 is 6.04 Å². The van der Waals surface area contributed by atoms with Crippen molar-refractivity contribution in [3.05, 3.63) is 71.3 Å². The van der Waals surface area contributed by atoms with Crippen molar-refractivity contribution in [1.82, 2.24) is 20.2 Å². The molecule has 1 amide bonds. The number of benzene rings is 2. The lowest BCUT2D eigenvalue weighted by Crippen LogP contribution is -2.61. The van der Waals surface area contributed by atoms with Gasteiger partial charge in [-0.15, -0.1) is 0 Å². The van der Waals surface area contributed by atoms with Gasteiger partial charge in [0.25, 0.3) is 0 Å². The zero-order chi connectivity index (χ0) is 33.2. The lowest BCUT2D eigenvalue weighted by atomic mass is 9.45. The molecule has 7 nitrogen and oxygen atoms in total. The second-order valence-corrected chi connectivity index (χ2v) is 16.7. The average molecular weight is 633 g/mol. The van der Waals surface area contributed by atoms with E-state index in [1.54, 1.807) is 0 Å². The fourth-order valence-corrected chi connectivity index (χ4v) is 8.60. The molecule has 3 saturated carbocycles. The fourth-order valence-electron chi connectivity index (χ4n) is 8.60. The molecule has 7 heteroatoms. The van der Waals surface area contributed by atoms with Gasteiger partial charge < -0.3 is 15.3 Å². The van der Waals surface area contributed by atoms with Gasteiger partial charge >= 0.3 is 0 Å². The molecular weight excluding hydrogens is 572 g/mol. The highest BCUT2D eigenvalue weighted by Crippen LogP contribution is 2.61. The van der Waals surface area contributed by atoms with Crippen molar-refractivity contribution < 1.29 is 14.7 Å². The number of fused-ring (bicyclic) bond motifs is 2. The van der Waals surface area contributed by atoms with Crippen LogP contribution < -0.4 is 5.32 Å². The Labute approximate surface area is 278 Å². The summed E-state index contributed by atoms with van der Waals surface area (Å²) in [6, 6.07) is 19.7. The summed E-state index contributed by atoms with van der Waals surface area (Å²) in [7, 11) is 4.33. The van der Waals surface area contributed by atoms with Gasteiger partial charge in [0.15, 0.2) is 0 Å². The van der Waals surface area contributed by atoms with E-state index in [9.17, 15) is 9.90 Å². The molecule has 1 saturated heterocycles. The van der Waals surface area contributed by atoms with Gasteiger partial charge in [0.1, 0.15) is 12.1 Å². The van der Waals surface area contributed by atoms with Crippen LogP contribution in [0.5, 0.6) is 0 Å². The Morgan fingerprint density at radius 2 is 1.70 bits per heavy atom. The van der Waals surface area contributed by atoms with E-state index in [0.717, 1.165) is 38.0 Å². The molecule has 7 atom stereocenters. The second kappa shape index (κ2) is 14.4. The Hall–Kier alpha value is -2.29. The van der Waals surface area contributed by atoms with Gasteiger partial charge in [0.05, 0.1) is 13.2 Å². The number of aliphatic hydroxyl groups excluding tert-OH is 1. The van der Waals surface area contributed by atoms with Crippen molar-refractivity contribution in [2.75, 3.05) is 27.2 Å². The van der Waals surface area contributed by atoms with Crippen LogP contribution in [0.1, 0.15) is 83.9 Å². The lowest BCUT2D eigenvalue weighted by Gasteiger charge is -2.62. The summed E-state index contributed by atoms with van der Waals surface area (Å²) in [6.45, 7) is 17.2. The summed E-state index contributed by atoms with van der Waals surface area (Å²) in [5, 5.41) is 15.2. The van der Waals surface area contributed by atoms with Gasteiger partial charge in [-0.2, -0.15) is 5.06 Å². The molecule has 0 radical (unpaired) electrons. The zero-order valence-corrected chi connectivity index (χ0v) is 29.7. The number of aliphatic hydroxyl groups is 1. The minimum atomic E-state index is -0.412. The molecule has 254 valence electrons. The van der Waals surface area contributed by atoms with Crippen LogP contribution in [0.4, 0.5) is 0 Å². The maximum absolute atomic E-state index is 13.7. The van der Waals surface area contributed by atoms with E-state index >= 15 is 0 Å². The number of amides is 1. The highest BCUT2D eigenvalue weighted by molar-refractivity contribution is 5.82. The monoisotopic (exact) mass is 632 g/mol. The van der Waals surface area contributed by atoms with Crippen LogP contribution in [-0.4, -0.2) is 77.4 Å². The van der Waals surface area contributed by atoms with Gasteiger partial charge in [0.2, 0.25) is 5.91 Å². The van der Waals surface area contributed by atoms with E-state index in [1.807, 2.05) is 5.06 Å². The first-order valence-electron chi connectivity index (χ1n) is 17.6. The first-order chi connectivity index (χ1) is 21.7. The van der Waals surface area contributed by atoms with Crippen molar-refractivity contribution in [1.29, 1.82) is 0 Å². The molecule has 4 aliphatic rings. The fraction of sp³-hybridized carbons (Fsp3) is 0.667. The molecule has 46 heavy (non-hydrogen) atoms. The van der Waals surface area contributed by atoms with E-state index in [-0.39, 0.29) is 30.1 Å². The Bertz CT molecular complexity index is 1290. The van der Waals surface area contributed by atoms with E-state index in [1.165, 1.54) is 17.5 Å². The summed E-state index contributed by atoms with van der Waals surface area (Å²) in [5.41, 5.74) is 4.27. The van der Waals surface area contributed by atoms with Crippen molar-refractivity contribution in [2.24, 2.45) is 28.6 Å². The minimum Gasteiger partial charge on any atom is -0.394 e. The molecule has 2 aromatic rings. The minimum absolute atomic E-state index is 0.0332. The first-order valence-corrected chi connectivity index (χ1v) is 17.6. The second-order valence-electron chi connectivity index (χ2n) is 16.7. The highest BCUT2D eigenvalue weighted by Gasteiger charge is 2.56. The number of hydroxylamine groups is 2. The third kappa shape index (κ3) is 8.40. The van der Waals surface area contributed by atoms with Crippen molar-refractivity contribution in [3.8, 4) is 0 Å². The molecule has 4 fully saturated rings. The largest absolute Gasteiger partial charge is 0.394 e. The maximum atomic E-state index is 13.7. The highest BCUT2D eigenvalue weighted by atomic mass is 16.7. The van der Waals surface area contributed by atoms with Crippen molar-refractivity contribution >= 4 is 5.91 Å². The predicted molar refractivity (Wildman–Crippen MR) is 186 cm³/mol. The standard InChI is InChI=1S/C39H60N4O3/c1-27-34-18-31(39(34,5)6)19-35(27)40-37(45)36-20-33(26-44)46-43(36)24-30-16-12-15-29(17-30)23-42(22-28-13-10-9-11-14-28)32(25-41(7)8)21-38(2,3)4/h9-17,27,31-36,44H,18-26H2,1-8H3,(H,40,45)/t27-,31+,32-,33+,34-,35-,36-/m0/s1. The molecule has 0 aromatic heterocycles. The number of likely N-dealkylation sites (N-methyl/N-ethyl adjacent to an activating group) is 1. The smallest absolute Gasteiger partial charge is 0.240 e. The number of hydrogen-bond donors (Lipinski definition) is 2.